The highest BCUT2D eigenvalue weighted by Crippen LogP contribution is 2.36. The predicted molar refractivity (Wildman–Crippen MR) is 87.8 cm³/mol. The van der Waals surface area contributed by atoms with Crippen LogP contribution in [0.4, 0.5) is 5.69 Å². The number of hydrogen-bond donors (Lipinski definition) is 1. The molecule has 0 spiro atoms. The molecule has 1 heterocycles. The van der Waals surface area contributed by atoms with Crippen molar-refractivity contribution in [2.45, 2.75) is 41.0 Å². The lowest BCUT2D eigenvalue weighted by molar-refractivity contribution is 1.11. The van der Waals surface area contributed by atoms with Crippen LogP contribution in [0.3, 0.4) is 0 Å². The Morgan fingerprint density at radius 3 is 2.05 bits per heavy atom. The Bertz CT molecular complexity index is 666. The summed E-state index contributed by atoms with van der Waals surface area (Å²) in [4.78, 5) is 0. The van der Waals surface area contributed by atoms with Crippen molar-refractivity contribution >= 4 is 5.69 Å². The van der Waals surface area contributed by atoms with E-state index in [2.05, 4.69) is 58.1 Å². The first-order chi connectivity index (χ1) is 9.50. The Morgan fingerprint density at radius 1 is 0.800 bits per heavy atom. The van der Waals surface area contributed by atoms with Gasteiger partial charge in [0.2, 0.25) is 0 Å². The summed E-state index contributed by atoms with van der Waals surface area (Å²) >= 11 is 0. The molecule has 0 bridgehead atoms. The fourth-order valence-corrected chi connectivity index (χ4v) is 3.38. The van der Waals surface area contributed by atoms with Crippen molar-refractivity contribution in [1.82, 2.24) is 0 Å². The summed E-state index contributed by atoms with van der Waals surface area (Å²) in [5.74, 6) is 0. The van der Waals surface area contributed by atoms with E-state index in [1.807, 2.05) is 0 Å². The van der Waals surface area contributed by atoms with Gasteiger partial charge in [0.25, 0.3) is 0 Å². The molecule has 0 aliphatic carbocycles. The van der Waals surface area contributed by atoms with E-state index >= 15 is 0 Å². The molecular weight excluding hydrogens is 242 g/mol. The zero-order chi connectivity index (χ0) is 14.4. The average Bonchev–Trinajstić information content (AvgIpc) is 2.91. The van der Waals surface area contributed by atoms with Crippen molar-refractivity contribution in [3.8, 4) is 11.1 Å². The molecule has 104 valence electrons. The molecule has 0 saturated heterocycles. The number of anilines is 1. The highest BCUT2D eigenvalue weighted by Gasteiger charge is 2.16. The highest BCUT2D eigenvalue weighted by atomic mass is 14.9. The lowest BCUT2D eigenvalue weighted by atomic mass is 9.86. The topological polar surface area (TPSA) is 12.0 Å². The Morgan fingerprint density at radius 2 is 1.40 bits per heavy atom. The van der Waals surface area contributed by atoms with Gasteiger partial charge < -0.3 is 5.32 Å². The summed E-state index contributed by atoms with van der Waals surface area (Å²) < 4.78 is 0. The largest absolute Gasteiger partial charge is 0.384 e. The van der Waals surface area contributed by atoms with Gasteiger partial charge in [0.15, 0.2) is 0 Å². The van der Waals surface area contributed by atoms with E-state index in [1.165, 1.54) is 50.2 Å². The van der Waals surface area contributed by atoms with Crippen LogP contribution in [-0.4, -0.2) is 6.54 Å². The van der Waals surface area contributed by atoms with Gasteiger partial charge in [0, 0.05) is 12.2 Å². The second-order valence-electron chi connectivity index (χ2n) is 6.05. The molecule has 0 amide bonds. The molecule has 2 aromatic rings. The van der Waals surface area contributed by atoms with Crippen molar-refractivity contribution < 1.29 is 0 Å². The van der Waals surface area contributed by atoms with E-state index in [4.69, 9.17) is 0 Å². The van der Waals surface area contributed by atoms with Crippen LogP contribution in [0.5, 0.6) is 0 Å². The van der Waals surface area contributed by atoms with E-state index < -0.39 is 0 Å². The molecule has 0 unspecified atom stereocenters. The quantitative estimate of drug-likeness (QED) is 0.776. The summed E-state index contributed by atoms with van der Waals surface area (Å²) in [6, 6.07) is 6.90. The number of rotatable bonds is 1. The van der Waals surface area contributed by atoms with E-state index in [0.717, 1.165) is 13.0 Å². The van der Waals surface area contributed by atoms with Crippen molar-refractivity contribution in [2.75, 3.05) is 11.9 Å². The summed E-state index contributed by atoms with van der Waals surface area (Å²) in [6.07, 6.45) is 1.15. The van der Waals surface area contributed by atoms with E-state index in [9.17, 15) is 0 Å². The third-order valence-corrected chi connectivity index (χ3v) is 5.11. The van der Waals surface area contributed by atoms with Gasteiger partial charge in [-0.15, -0.1) is 0 Å². The smallest absolute Gasteiger partial charge is 0.0379 e. The third-order valence-electron chi connectivity index (χ3n) is 5.11. The Balaban J connectivity index is 2.25. The molecule has 0 atom stereocenters. The fraction of sp³-hybridized carbons (Fsp3) is 0.368. The lowest BCUT2D eigenvalue weighted by Gasteiger charge is -2.19. The van der Waals surface area contributed by atoms with Crippen molar-refractivity contribution in [3.63, 3.8) is 0 Å². The first-order valence-electron chi connectivity index (χ1n) is 7.45. The lowest BCUT2D eigenvalue weighted by Crippen LogP contribution is -2.00. The molecule has 1 nitrogen and oxygen atoms in total. The van der Waals surface area contributed by atoms with Crippen molar-refractivity contribution in [3.05, 3.63) is 51.6 Å². The van der Waals surface area contributed by atoms with Crippen LogP contribution in [0.15, 0.2) is 18.2 Å². The van der Waals surface area contributed by atoms with Crippen LogP contribution in [-0.2, 0) is 6.42 Å². The molecular formula is C19H23N. The fourth-order valence-electron chi connectivity index (χ4n) is 3.38. The average molecular weight is 265 g/mol. The Hall–Kier alpha value is -1.76. The number of hydrogen-bond acceptors (Lipinski definition) is 1. The number of benzene rings is 2. The third kappa shape index (κ3) is 1.84. The first-order valence-corrected chi connectivity index (χ1v) is 7.45. The Labute approximate surface area is 122 Å². The normalized spacial score (nSPS) is 13.2. The summed E-state index contributed by atoms with van der Waals surface area (Å²) in [6.45, 7) is 12.3. The molecule has 20 heavy (non-hydrogen) atoms. The van der Waals surface area contributed by atoms with Crippen LogP contribution in [0.25, 0.3) is 11.1 Å². The Kier molecular flexibility index (Phi) is 3.08. The molecule has 1 heteroatoms. The number of fused-ring (bicyclic) bond motifs is 1. The van der Waals surface area contributed by atoms with Crippen molar-refractivity contribution in [1.29, 1.82) is 0 Å². The molecule has 1 aliphatic heterocycles. The maximum Gasteiger partial charge on any atom is 0.0379 e. The van der Waals surface area contributed by atoms with Crippen LogP contribution in [0.1, 0.15) is 33.4 Å². The van der Waals surface area contributed by atoms with Crippen molar-refractivity contribution in [2.24, 2.45) is 0 Å². The molecule has 2 aromatic carbocycles. The number of nitrogens with one attached hydrogen (secondary N) is 1. The van der Waals surface area contributed by atoms with Gasteiger partial charge in [-0.1, -0.05) is 12.1 Å². The first kappa shape index (κ1) is 13.2. The van der Waals surface area contributed by atoms with Crippen LogP contribution in [0.2, 0.25) is 0 Å². The zero-order valence-corrected chi connectivity index (χ0v) is 13.1. The maximum absolute atomic E-state index is 3.49. The summed E-state index contributed by atoms with van der Waals surface area (Å²) in [7, 11) is 0. The van der Waals surface area contributed by atoms with Gasteiger partial charge in [0.1, 0.15) is 0 Å². The highest BCUT2D eigenvalue weighted by molar-refractivity contribution is 5.78. The van der Waals surface area contributed by atoms with Gasteiger partial charge in [0.05, 0.1) is 0 Å². The van der Waals surface area contributed by atoms with E-state index in [1.54, 1.807) is 0 Å². The van der Waals surface area contributed by atoms with Crippen LogP contribution in [0, 0.1) is 34.6 Å². The predicted octanol–water partition coefficient (Wildman–Crippen LogP) is 4.86. The SMILES string of the molecule is Cc1c(C)c(C)c(-c2ccc3c(c2)NCC3)c(C)c1C. The monoisotopic (exact) mass is 265 g/mol. The molecule has 0 saturated carbocycles. The van der Waals surface area contributed by atoms with Gasteiger partial charge in [-0.2, -0.15) is 0 Å². The van der Waals surface area contributed by atoms with Gasteiger partial charge in [-0.3, -0.25) is 0 Å². The maximum atomic E-state index is 3.49. The minimum Gasteiger partial charge on any atom is -0.384 e. The standard InChI is InChI=1S/C19H23N/c1-11-12(2)14(4)19(15(5)13(11)3)17-7-6-16-8-9-20-18(16)10-17/h6-7,10,20H,8-9H2,1-5H3. The molecule has 0 fully saturated rings. The molecule has 0 aromatic heterocycles. The molecule has 1 N–H and O–H groups in total. The van der Waals surface area contributed by atoms with Gasteiger partial charge >= 0.3 is 0 Å². The molecule has 0 radical (unpaired) electrons. The molecule has 3 rings (SSSR count). The minimum atomic E-state index is 1.07. The van der Waals surface area contributed by atoms with Crippen LogP contribution >= 0.6 is 0 Å². The van der Waals surface area contributed by atoms with Crippen LogP contribution < -0.4 is 5.32 Å². The molecule has 1 aliphatic rings. The van der Waals surface area contributed by atoms with Gasteiger partial charge in [-0.25, -0.2) is 0 Å². The summed E-state index contributed by atoms with van der Waals surface area (Å²) in [5, 5.41) is 3.49. The zero-order valence-electron chi connectivity index (χ0n) is 13.1. The second-order valence-corrected chi connectivity index (χ2v) is 6.05. The van der Waals surface area contributed by atoms with E-state index in [0.29, 0.717) is 0 Å². The second kappa shape index (κ2) is 4.66. The minimum absolute atomic E-state index is 1.07. The van der Waals surface area contributed by atoms with E-state index in [-0.39, 0.29) is 0 Å². The van der Waals surface area contributed by atoms with Gasteiger partial charge in [-0.05, 0) is 91.6 Å². The summed E-state index contributed by atoms with van der Waals surface area (Å²) in [5.41, 5.74) is 12.7.